The van der Waals surface area contributed by atoms with E-state index in [1.54, 1.807) is 13.8 Å². The topological polar surface area (TPSA) is 61.8 Å². The summed E-state index contributed by atoms with van der Waals surface area (Å²) in [6.45, 7) is 7.62. The van der Waals surface area contributed by atoms with E-state index in [0.29, 0.717) is 19.6 Å². The molecule has 0 aliphatic carbocycles. The van der Waals surface area contributed by atoms with Crippen LogP contribution >= 0.6 is 0 Å². The van der Waals surface area contributed by atoms with Crippen LogP contribution in [0.5, 0.6) is 0 Å². The molecule has 0 aromatic carbocycles. The second-order valence-electron chi connectivity index (χ2n) is 3.65. The van der Waals surface area contributed by atoms with Gasteiger partial charge in [-0.25, -0.2) is 0 Å². The molecule has 0 aromatic rings. The van der Waals surface area contributed by atoms with Gasteiger partial charge < -0.3 is 14.2 Å². The number of rotatable bonds is 8. The Morgan fingerprint density at radius 1 is 1.18 bits per heavy atom. The Morgan fingerprint density at radius 2 is 1.82 bits per heavy atom. The van der Waals surface area contributed by atoms with Gasteiger partial charge in [0.2, 0.25) is 0 Å². The molecule has 0 heterocycles. The highest BCUT2D eigenvalue weighted by atomic mass is 16.6. The number of hydrogen-bond acceptors (Lipinski definition) is 5. The molecule has 0 amide bonds. The number of carbonyl (C=O) groups excluding carboxylic acids is 2. The molecule has 100 valence electrons. The molecule has 2 unspecified atom stereocenters. The fourth-order valence-corrected chi connectivity index (χ4v) is 1.50. The Bertz CT molecular complexity index is 239. The Balaban J connectivity index is 4.13. The summed E-state index contributed by atoms with van der Waals surface area (Å²) in [6.07, 6.45) is 0.126. The maximum atomic E-state index is 11.2. The van der Waals surface area contributed by atoms with E-state index < -0.39 is 0 Å². The van der Waals surface area contributed by atoms with Gasteiger partial charge in [-0.15, -0.1) is 0 Å². The van der Waals surface area contributed by atoms with E-state index in [0.717, 1.165) is 0 Å². The lowest BCUT2D eigenvalue weighted by atomic mass is 10.1. The Labute approximate surface area is 102 Å². The molecule has 0 fully saturated rings. The molecule has 0 radical (unpaired) electrons. The molecule has 0 rings (SSSR count). The summed E-state index contributed by atoms with van der Waals surface area (Å²) in [5, 5.41) is 0. The molecule has 0 saturated heterocycles. The summed E-state index contributed by atoms with van der Waals surface area (Å²) >= 11 is 0. The first kappa shape index (κ1) is 15.9. The summed E-state index contributed by atoms with van der Waals surface area (Å²) in [5.41, 5.74) is 0. The van der Waals surface area contributed by atoms with Gasteiger partial charge in [0, 0.05) is 20.0 Å². The van der Waals surface area contributed by atoms with Gasteiger partial charge in [0.1, 0.15) is 6.10 Å². The third-order valence-electron chi connectivity index (χ3n) is 2.19. The molecular formula is C12H22O5. The van der Waals surface area contributed by atoms with Crippen LogP contribution in [0.3, 0.4) is 0 Å². The van der Waals surface area contributed by atoms with Gasteiger partial charge >= 0.3 is 11.9 Å². The molecular weight excluding hydrogens is 224 g/mol. The highest BCUT2D eigenvalue weighted by Gasteiger charge is 2.21. The molecule has 0 aliphatic rings. The van der Waals surface area contributed by atoms with Crippen molar-refractivity contribution in [2.75, 3.05) is 13.2 Å². The Kier molecular flexibility index (Phi) is 8.40. The van der Waals surface area contributed by atoms with Gasteiger partial charge in [-0.05, 0) is 27.2 Å². The molecule has 0 saturated carbocycles. The van der Waals surface area contributed by atoms with E-state index in [4.69, 9.17) is 14.2 Å². The molecule has 0 bridgehead atoms. The van der Waals surface area contributed by atoms with E-state index >= 15 is 0 Å². The van der Waals surface area contributed by atoms with Crippen molar-refractivity contribution in [3.63, 3.8) is 0 Å². The highest BCUT2D eigenvalue weighted by Crippen LogP contribution is 2.11. The van der Waals surface area contributed by atoms with E-state index in [-0.39, 0.29) is 30.6 Å². The van der Waals surface area contributed by atoms with Crippen LogP contribution in [-0.2, 0) is 23.8 Å². The largest absolute Gasteiger partial charge is 0.466 e. The van der Waals surface area contributed by atoms with Crippen molar-refractivity contribution in [3.8, 4) is 0 Å². The van der Waals surface area contributed by atoms with Crippen molar-refractivity contribution in [2.45, 2.75) is 52.7 Å². The second kappa shape index (κ2) is 8.98. The predicted octanol–water partition coefficient (Wildman–Crippen LogP) is 1.69. The van der Waals surface area contributed by atoms with Crippen molar-refractivity contribution in [3.05, 3.63) is 0 Å². The van der Waals surface area contributed by atoms with Crippen molar-refractivity contribution < 1.29 is 23.8 Å². The zero-order chi connectivity index (χ0) is 13.3. The van der Waals surface area contributed by atoms with Crippen LogP contribution in [-0.4, -0.2) is 37.4 Å². The number of esters is 2. The van der Waals surface area contributed by atoms with Crippen LogP contribution < -0.4 is 0 Å². The molecule has 0 N–H and O–H groups in total. The lowest BCUT2D eigenvalue weighted by Gasteiger charge is -2.23. The summed E-state index contributed by atoms with van der Waals surface area (Å²) < 4.78 is 15.3. The second-order valence-corrected chi connectivity index (χ2v) is 3.65. The average molecular weight is 246 g/mol. The first-order valence-corrected chi connectivity index (χ1v) is 5.95. The average Bonchev–Trinajstić information content (AvgIpc) is 2.23. The molecule has 17 heavy (non-hydrogen) atoms. The first-order chi connectivity index (χ1) is 8.01. The fraction of sp³-hybridized carbons (Fsp3) is 0.833. The summed E-state index contributed by atoms with van der Waals surface area (Å²) in [6, 6.07) is 0. The van der Waals surface area contributed by atoms with Crippen LogP contribution in [0.2, 0.25) is 0 Å². The van der Waals surface area contributed by atoms with Crippen LogP contribution in [0.4, 0.5) is 0 Å². The van der Waals surface area contributed by atoms with E-state index in [2.05, 4.69) is 0 Å². The smallest absolute Gasteiger partial charge is 0.305 e. The monoisotopic (exact) mass is 246 g/mol. The van der Waals surface area contributed by atoms with Crippen molar-refractivity contribution in [1.29, 1.82) is 0 Å². The van der Waals surface area contributed by atoms with Gasteiger partial charge in [-0.3, -0.25) is 9.59 Å². The molecule has 0 spiro atoms. The van der Waals surface area contributed by atoms with Crippen LogP contribution in [0, 0.1) is 0 Å². The predicted molar refractivity (Wildman–Crippen MR) is 62.5 cm³/mol. The fourth-order valence-electron chi connectivity index (χ4n) is 1.50. The number of ether oxygens (including phenoxy) is 3. The van der Waals surface area contributed by atoms with E-state index in [1.807, 2.05) is 6.92 Å². The van der Waals surface area contributed by atoms with Crippen LogP contribution in [0.15, 0.2) is 0 Å². The number of hydrogen-bond donors (Lipinski definition) is 0. The summed E-state index contributed by atoms with van der Waals surface area (Å²) in [7, 11) is 0. The normalized spacial score (nSPS) is 13.9. The van der Waals surface area contributed by atoms with Crippen molar-refractivity contribution in [1.82, 2.24) is 0 Å². The van der Waals surface area contributed by atoms with Gasteiger partial charge in [-0.2, -0.15) is 0 Å². The maximum absolute atomic E-state index is 11.2. The molecule has 0 aromatic heterocycles. The van der Waals surface area contributed by atoms with Gasteiger partial charge in [-0.1, -0.05) is 0 Å². The minimum absolute atomic E-state index is 0.257. The van der Waals surface area contributed by atoms with Gasteiger partial charge in [0.15, 0.2) is 0 Å². The molecule has 5 heteroatoms. The van der Waals surface area contributed by atoms with E-state index in [9.17, 15) is 9.59 Å². The number of carbonyl (C=O) groups is 2. The zero-order valence-corrected chi connectivity index (χ0v) is 11.0. The minimum atomic E-state index is -0.359. The van der Waals surface area contributed by atoms with Crippen molar-refractivity contribution in [2.24, 2.45) is 0 Å². The maximum Gasteiger partial charge on any atom is 0.305 e. The van der Waals surface area contributed by atoms with E-state index in [1.165, 1.54) is 6.92 Å². The zero-order valence-electron chi connectivity index (χ0n) is 11.0. The summed E-state index contributed by atoms with van der Waals surface area (Å²) in [4.78, 5) is 22.0. The Hall–Kier alpha value is -1.10. The standard InChI is InChI=1S/C12H22O5/c1-5-15-11(9(3)17-10(4)13)7-8-12(14)16-6-2/h9,11H,5-8H2,1-4H3. The third-order valence-corrected chi connectivity index (χ3v) is 2.19. The van der Waals surface area contributed by atoms with Crippen LogP contribution in [0.25, 0.3) is 0 Å². The lowest BCUT2D eigenvalue weighted by Crippen LogP contribution is -2.31. The minimum Gasteiger partial charge on any atom is -0.466 e. The first-order valence-electron chi connectivity index (χ1n) is 5.95. The quantitative estimate of drug-likeness (QED) is 0.610. The third kappa shape index (κ3) is 7.74. The van der Waals surface area contributed by atoms with Crippen LogP contribution in [0.1, 0.15) is 40.5 Å². The molecule has 0 aliphatic heterocycles. The Morgan fingerprint density at radius 3 is 2.29 bits per heavy atom. The van der Waals surface area contributed by atoms with Gasteiger partial charge in [0.05, 0.1) is 12.7 Å². The highest BCUT2D eigenvalue weighted by molar-refractivity contribution is 5.69. The SMILES string of the molecule is CCOC(=O)CCC(OCC)C(C)OC(C)=O. The van der Waals surface area contributed by atoms with Gasteiger partial charge in [0.25, 0.3) is 0 Å². The molecule has 5 nitrogen and oxygen atoms in total. The lowest BCUT2D eigenvalue weighted by molar-refractivity contribution is -0.154. The summed E-state index contributed by atoms with van der Waals surface area (Å²) in [5.74, 6) is -0.606. The van der Waals surface area contributed by atoms with Crippen molar-refractivity contribution >= 4 is 11.9 Å². The molecule has 2 atom stereocenters.